The Balaban J connectivity index is 1.63. The third-order valence-corrected chi connectivity index (χ3v) is 4.30. The van der Waals surface area contributed by atoms with E-state index in [1.807, 2.05) is 6.07 Å². The molecule has 3 rings (SSSR count). The number of esters is 1. The average Bonchev–Trinajstić information content (AvgIpc) is 3.23. The van der Waals surface area contributed by atoms with Crippen molar-refractivity contribution in [2.24, 2.45) is 7.05 Å². The Hall–Kier alpha value is -3.09. The van der Waals surface area contributed by atoms with Crippen LogP contribution in [0.25, 0.3) is 0 Å². The van der Waals surface area contributed by atoms with Gasteiger partial charge < -0.3 is 19.5 Å². The maximum Gasteiger partial charge on any atom is 0.355 e. The number of aromatic nitrogens is 1. The van der Waals surface area contributed by atoms with Gasteiger partial charge in [-0.2, -0.15) is 0 Å². The molecule has 2 aromatic rings. The molecule has 0 aliphatic carbocycles. The highest BCUT2D eigenvalue weighted by atomic mass is 16.5. The van der Waals surface area contributed by atoms with Crippen LogP contribution in [0.15, 0.2) is 42.6 Å². The van der Waals surface area contributed by atoms with Crippen LogP contribution in [0.3, 0.4) is 0 Å². The summed E-state index contributed by atoms with van der Waals surface area (Å²) >= 11 is 0. The quantitative estimate of drug-likeness (QED) is 0.835. The van der Waals surface area contributed by atoms with Crippen molar-refractivity contribution in [3.8, 4) is 0 Å². The molecule has 0 saturated carbocycles. The van der Waals surface area contributed by atoms with Crippen LogP contribution in [0.4, 0.5) is 11.4 Å². The number of hydrogen-bond acceptors (Lipinski definition) is 4. The Bertz CT molecular complexity index is 843. The summed E-state index contributed by atoms with van der Waals surface area (Å²) in [5.41, 5.74) is 1.67. The highest BCUT2D eigenvalue weighted by molar-refractivity contribution is 5.99. The molecule has 1 saturated heterocycles. The first kappa shape index (κ1) is 17.7. The van der Waals surface area contributed by atoms with Gasteiger partial charge in [0.05, 0.1) is 0 Å². The number of nitrogens with zero attached hydrogens (tertiary/aromatic N) is 2. The smallest absolute Gasteiger partial charge is 0.355 e. The number of aryl methyl sites for hydroxylation is 1. The standard InChI is InChI=1S/C19H21N3O4/c1-13(26-19(25)16-8-4-10-21(16)2)18(24)20-14-6-3-7-15(12-14)22-11-5-9-17(22)23/h3-4,6-8,10,12-13H,5,9,11H2,1-2H3,(H,20,24)/t13-/m1/s1. The summed E-state index contributed by atoms with van der Waals surface area (Å²) in [5, 5.41) is 2.72. The Morgan fingerprint density at radius 1 is 1.23 bits per heavy atom. The molecular formula is C19H21N3O4. The topological polar surface area (TPSA) is 80.6 Å². The second-order valence-corrected chi connectivity index (χ2v) is 6.24. The minimum atomic E-state index is -0.950. The zero-order valence-electron chi connectivity index (χ0n) is 14.8. The number of benzene rings is 1. The second-order valence-electron chi connectivity index (χ2n) is 6.24. The monoisotopic (exact) mass is 355 g/mol. The minimum absolute atomic E-state index is 0.0818. The van der Waals surface area contributed by atoms with Crippen LogP contribution >= 0.6 is 0 Å². The van der Waals surface area contributed by atoms with Gasteiger partial charge in [0.2, 0.25) is 5.91 Å². The number of ether oxygens (including phenoxy) is 1. The number of rotatable bonds is 5. The molecule has 2 amide bonds. The summed E-state index contributed by atoms with van der Waals surface area (Å²) in [6.07, 6.45) is 2.16. The summed E-state index contributed by atoms with van der Waals surface area (Å²) in [6, 6.07) is 10.4. The normalized spacial score (nSPS) is 15.0. The number of carbonyl (C=O) groups is 3. The van der Waals surface area contributed by atoms with Crippen molar-refractivity contribution in [2.45, 2.75) is 25.9 Å². The van der Waals surface area contributed by atoms with E-state index in [4.69, 9.17) is 4.74 Å². The van der Waals surface area contributed by atoms with Crippen molar-refractivity contribution in [1.29, 1.82) is 0 Å². The summed E-state index contributed by atoms with van der Waals surface area (Å²) in [4.78, 5) is 38.0. The summed E-state index contributed by atoms with van der Waals surface area (Å²) < 4.78 is 6.85. The van der Waals surface area contributed by atoms with Gasteiger partial charge in [-0.1, -0.05) is 6.07 Å². The van der Waals surface area contributed by atoms with E-state index >= 15 is 0 Å². The first-order chi connectivity index (χ1) is 12.5. The van der Waals surface area contributed by atoms with Crippen LogP contribution in [-0.2, 0) is 21.4 Å². The van der Waals surface area contributed by atoms with Crippen molar-refractivity contribution in [1.82, 2.24) is 4.57 Å². The molecule has 0 unspecified atom stereocenters. The maximum absolute atomic E-state index is 12.3. The fraction of sp³-hybridized carbons (Fsp3) is 0.316. The SMILES string of the molecule is C[C@@H](OC(=O)c1cccn1C)C(=O)Nc1cccc(N2CCCC2=O)c1. The molecule has 1 fully saturated rings. The Morgan fingerprint density at radius 3 is 2.69 bits per heavy atom. The predicted octanol–water partition coefficient (Wildman–Crippen LogP) is 2.34. The molecular weight excluding hydrogens is 334 g/mol. The molecule has 1 N–H and O–H groups in total. The first-order valence-corrected chi connectivity index (χ1v) is 8.49. The van der Waals surface area contributed by atoms with Crippen LogP contribution in [0.5, 0.6) is 0 Å². The van der Waals surface area contributed by atoms with Crippen molar-refractivity contribution in [2.75, 3.05) is 16.8 Å². The number of hydrogen-bond donors (Lipinski definition) is 1. The van der Waals surface area contributed by atoms with Crippen molar-refractivity contribution in [3.05, 3.63) is 48.3 Å². The maximum atomic E-state index is 12.3. The third-order valence-electron chi connectivity index (χ3n) is 4.30. The van der Waals surface area contributed by atoms with Gasteiger partial charge >= 0.3 is 5.97 Å². The Morgan fingerprint density at radius 2 is 2.04 bits per heavy atom. The second kappa shape index (κ2) is 7.43. The summed E-state index contributed by atoms with van der Waals surface area (Å²) in [7, 11) is 1.73. The van der Waals surface area contributed by atoms with E-state index < -0.39 is 18.0 Å². The van der Waals surface area contributed by atoms with E-state index in [1.165, 1.54) is 6.92 Å². The van der Waals surface area contributed by atoms with E-state index in [0.29, 0.717) is 24.3 Å². The number of nitrogens with one attached hydrogen (secondary N) is 1. The van der Waals surface area contributed by atoms with Gasteiger partial charge in [0, 0.05) is 37.6 Å². The molecule has 1 aliphatic rings. The average molecular weight is 355 g/mol. The third kappa shape index (κ3) is 3.77. The van der Waals surface area contributed by atoms with E-state index in [-0.39, 0.29) is 5.91 Å². The molecule has 2 heterocycles. The van der Waals surface area contributed by atoms with E-state index in [0.717, 1.165) is 12.1 Å². The van der Waals surface area contributed by atoms with Crippen LogP contribution in [0.1, 0.15) is 30.3 Å². The van der Waals surface area contributed by atoms with Crippen molar-refractivity contribution in [3.63, 3.8) is 0 Å². The van der Waals surface area contributed by atoms with E-state index in [9.17, 15) is 14.4 Å². The molecule has 0 radical (unpaired) electrons. The van der Waals surface area contributed by atoms with Crippen LogP contribution in [0, 0.1) is 0 Å². The molecule has 7 heteroatoms. The number of carbonyl (C=O) groups excluding carboxylic acids is 3. The molecule has 0 spiro atoms. The summed E-state index contributed by atoms with van der Waals surface area (Å²) in [6.45, 7) is 2.20. The van der Waals surface area contributed by atoms with Gasteiger partial charge in [0.25, 0.3) is 5.91 Å². The molecule has 1 aromatic heterocycles. The molecule has 1 aromatic carbocycles. The molecule has 0 bridgehead atoms. The predicted molar refractivity (Wildman–Crippen MR) is 96.9 cm³/mol. The lowest BCUT2D eigenvalue weighted by atomic mass is 10.2. The van der Waals surface area contributed by atoms with Crippen molar-refractivity contribution < 1.29 is 19.1 Å². The lowest BCUT2D eigenvalue weighted by Crippen LogP contribution is -2.30. The van der Waals surface area contributed by atoms with Gasteiger partial charge in [-0.15, -0.1) is 0 Å². The lowest BCUT2D eigenvalue weighted by molar-refractivity contribution is -0.123. The van der Waals surface area contributed by atoms with Gasteiger partial charge in [-0.25, -0.2) is 4.79 Å². The first-order valence-electron chi connectivity index (χ1n) is 8.49. The van der Waals surface area contributed by atoms with Crippen LogP contribution in [-0.4, -0.2) is 35.0 Å². The van der Waals surface area contributed by atoms with Crippen LogP contribution in [0.2, 0.25) is 0 Å². The molecule has 7 nitrogen and oxygen atoms in total. The van der Waals surface area contributed by atoms with E-state index in [2.05, 4.69) is 5.32 Å². The fourth-order valence-corrected chi connectivity index (χ4v) is 2.86. The molecule has 1 aliphatic heterocycles. The van der Waals surface area contributed by atoms with Gasteiger partial charge in [0.1, 0.15) is 5.69 Å². The minimum Gasteiger partial charge on any atom is -0.448 e. The lowest BCUT2D eigenvalue weighted by Gasteiger charge is -2.18. The van der Waals surface area contributed by atoms with Gasteiger partial charge in [0.15, 0.2) is 6.10 Å². The van der Waals surface area contributed by atoms with Gasteiger partial charge in [-0.05, 0) is 43.7 Å². The van der Waals surface area contributed by atoms with Crippen LogP contribution < -0.4 is 10.2 Å². The zero-order valence-corrected chi connectivity index (χ0v) is 14.8. The summed E-state index contributed by atoms with van der Waals surface area (Å²) in [5.74, 6) is -0.910. The molecule has 136 valence electrons. The zero-order chi connectivity index (χ0) is 18.7. The number of amides is 2. The Labute approximate surface area is 151 Å². The largest absolute Gasteiger partial charge is 0.448 e. The highest BCUT2D eigenvalue weighted by Crippen LogP contribution is 2.24. The van der Waals surface area contributed by atoms with Gasteiger partial charge in [-0.3, -0.25) is 9.59 Å². The van der Waals surface area contributed by atoms with Crippen molar-refractivity contribution >= 4 is 29.2 Å². The molecule has 1 atom stereocenters. The number of anilines is 2. The molecule has 26 heavy (non-hydrogen) atoms. The fourth-order valence-electron chi connectivity index (χ4n) is 2.86. The Kier molecular flexibility index (Phi) is 5.06. The van der Waals surface area contributed by atoms with E-state index in [1.54, 1.807) is 53.0 Å². The highest BCUT2D eigenvalue weighted by Gasteiger charge is 2.23.